The fourth-order valence-corrected chi connectivity index (χ4v) is 3.36. The summed E-state index contributed by atoms with van der Waals surface area (Å²) in [4.78, 5) is 32.9. The maximum atomic E-state index is 12.6. The Labute approximate surface area is 177 Å². The van der Waals surface area contributed by atoms with Gasteiger partial charge in [0.15, 0.2) is 5.82 Å². The second-order valence-corrected chi connectivity index (χ2v) is 7.23. The zero-order valence-electron chi connectivity index (χ0n) is 17.4. The Kier molecular flexibility index (Phi) is 5.87. The zero-order valence-corrected chi connectivity index (χ0v) is 17.4. The van der Waals surface area contributed by atoms with Crippen molar-refractivity contribution in [2.75, 3.05) is 6.54 Å². The average molecular weight is 421 g/mol. The largest absolute Gasteiger partial charge is 0.356 e. The van der Waals surface area contributed by atoms with Gasteiger partial charge in [-0.3, -0.25) is 18.8 Å². The number of carbonyl (C=O) groups is 1. The minimum absolute atomic E-state index is 0.121. The van der Waals surface area contributed by atoms with Crippen molar-refractivity contribution in [1.29, 1.82) is 0 Å². The van der Waals surface area contributed by atoms with Crippen molar-refractivity contribution in [2.45, 2.75) is 39.8 Å². The second kappa shape index (κ2) is 8.90. The first-order chi connectivity index (χ1) is 15.0. The van der Waals surface area contributed by atoms with Gasteiger partial charge in [0.1, 0.15) is 5.56 Å². The first-order valence-electron chi connectivity index (χ1n) is 10.1. The van der Waals surface area contributed by atoms with Crippen LogP contribution in [0.2, 0.25) is 0 Å². The van der Waals surface area contributed by atoms with Crippen LogP contribution in [-0.4, -0.2) is 41.9 Å². The molecule has 3 heterocycles. The molecule has 0 unspecified atom stereocenters. The number of aryl methyl sites for hydroxylation is 4. The molecule has 4 rings (SSSR count). The van der Waals surface area contributed by atoms with E-state index in [-0.39, 0.29) is 35.9 Å². The third kappa shape index (κ3) is 4.52. The number of hydrogen-bond donors (Lipinski definition) is 1. The highest BCUT2D eigenvalue weighted by molar-refractivity contribution is 5.81. The third-order valence-corrected chi connectivity index (χ3v) is 5.02. The summed E-state index contributed by atoms with van der Waals surface area (Å²) in [5.41, 5.74) is 1.98. The number of amides is 1. The van der Waals surface area contributed by atoms with E-state index in [0.29, 0.717) is 12.4 Å². The molecule has 0 saturated heterocycles. The molecule has 0 bridgehead atoms. The van der Waals surface area contributed by atoms with Gasteiger partial charge in [-0.25, -0.2) is 4.98 Å². The third-order valence-electron chi connectivity index (χ3n) is 5.02. The second-order valence-electron chi connectivity index (χ2n) is 7.23. The molecule has 1 N–H and O–H groups in total. The molecule has 0 fully saturated rings. The van der Waals surface area contributed by atoms with Crippen LogP contribution in [-0.2, 0) is 17.9 Å². The minimum atomic E-state index is -0.326. The number of carbonyl (C=O) groups excluding carboxylic acids is 1. The lowest BCUT2D eigenvalue weighted by Gasteiger charge is -2.08. The molecular formula is C21H23N7O3. The zero-order chi connectivity index (χ0) is 21.8. The molecule has 10 heteroatoms. The molecule has 31 heavy (non-hydrogen) atoms. The quantitative estimate of drug-likeness (QED) is 0.431. The Hall–Kier alpha value is -3.82. The lowest BCUT2D eigenvalue weighted by molar-refractivity contribution is -0.121. The van der Waals surface area contributed by atoms with Crippen molar-refractivity contribution in [3.05, 3.63) is 58.7 Å². The molecule has 4 aromatic rings. The van der Waals surface area contributed by atoms with Crippen molar-refractivity contribution in [3.63, 3.8) is 0 Å². The Morgan fingerprint density at radius 3 is 2.81 bits per heavy atom. The molecule has 0 aliphatic carbocycles. The van der Waals surface area contributed by atoms with E-state index in [1.165, 1.54) is 17.1 Å². The molecule has 0 radical (unpaired) electrons. The lowest BCUT2D eigenvalue weighted by atomic mass is 10.2. The van der Waals surface area contributed by atoms with Crippen LogP contribution in [0.5, 0.6) is 0 Å². The fraction of sp³-hybridized carbons (Fsp3) is 0.333. The summed E-state index contributed by atoms with van der Waals surface area (Å²) in [6.45, 7) is 5.17. The summed E-state index contributed by atoms with van der Waals surface area (Å²) in [7, 11) is 0. The average Bonchev–Trinajstić information content (AvgIpc) is 3.34. The Morgan fingerprint density at radius 2 is 2.03 bits per heavy atom. The standard InChI is InChI=1S/C21H23N7O3/c1-14-16-6-3-4-7-18(16)25-28(14)10-5-9-23-19(29)8-11-27-13-22-12-17(21(27)30)20-24-15(2)26-31-20/h3-4,6-7,12-13H,5,8-11H2,1-2H3,(H,23,29). The maximum absolute atomic E-state index is 12.6. The van der Waals surface area contributed by atoms with E-state index >= 15 is 0 Å². The summed E-state index contributed by atoms with van der Waals surface area (Å²) < 4.78 is 8.37. The van der Waals surface area contributed by atoms with E-state index in [0.717, 1.165) is 29.6 Å². The summed E-state index contributed by atoms with van der Waals surface area (Å²) in [5, 5.41) is 12.3. The van der Waals surface area contributed by atoms with Crippen LogP contribution in [0.4, 0.5) is 0 Å². The van der Waals surface area contributed by atoms with Crippen LogP contribution in [0.3, 0.4) is 0 Å². The molecule has 160 valence electrons. The summed E-state index contributed by atoms with van der Waals surface area (Å²) in [6.07, 6.45) is 3.70. The van der Waals surface area contributed by atoms with Gasteiger partial charge in [0.2, 0.25) is 5.91 Å². The minimum Gasteiger partial charge on any atom is -0.356 e. The highest BCUT2D eigenvalue weighted by atomic mass is 16.5. The van der Waals surface area contributed by atoms with Crippen LogP contribution in [0.15, 0.2) is 46.1 Å². The summed E-state index contributed by atoms with van der Waals surface area (Å²) >= 11 is 0. The van der Waals surface area contributed by atoms with Crippen molar-refractivity contribution < 1.29 is 9.32 Å². The van der Waals surface area contributed by atoms with E-state index in [9.17, 15) is 9.59 Å². The van der Waals surface area contributed by atoms with Crippen molar-refractivity contribution in [2.24, 2.45) is 0 Å². The van der Waals surface area contributed by atoms with Crippen LogP contribution in [0.25, 0.3) is 22.4 Å². The molecule has 0 aliphatic heterocycles. The molecule has 1 amide bonds. The number of fused-ring (bicyclic) bond motifs is 1. The van der Waals surface area contributed by atoms with Gasteiger partial charge < -0.3 is 9.84 Å². The Bertz CT molecular complexity index is 1270. The van der Waals surface area contributed by atoms with Crippen LogP contribution in [0.1, 0.15) is 24.4 Å². The number of nitrogens with one attached hydrogen (secondary N) is 1. The maximum Gasteiger partial charge on any atom is 0.266 e. The molecule has 0 aliphatic rings. The van der Waals surface area contributed by atoms with Crippen molar-refractivity contribution in [3.8, 4) is 11.5 Å². The predicted octanol–water partition coefficient (Wildman–Crippen LogP) is 1.86. The topological polar surface area (TPSA) is 121 Å². The van der Waals surface area contributed by atoms with Gasteiger partial charge in [0, 0.05) is 43.3 Å². The molecule has 1 aromatic carbocycles. The SMILES string of the molecule is Cc1noc(-c2cncn(CCC(=O)NCCCn3nc4ccccc4c3C)c2=O)n1. The van der Waals surface area contributed by atoms with Gasteiger partial charge in [-0.2, -0.15) is 10.1 Å². The lowest BCUT2D eigenvalue weighted by Crippen LogP contribution is -2.29. The van der Waals surface area contributed by atoms with Crippen molar-refractivity contribution in [1.82, 2.24) is 34.8 Å². The number of rotatable bonds is 8. The van der Waals surface area contributed by atoms with Crippen LogP contribution < -0.4 is 10.9 Å². The molecule has 3 aromatic heterocycles. The number of hydrogen-bond acceptors (Lipinski definition) is 7. The van der Waals surface area contributed by atoms with E-state index in [2.05, 4.69) is 31.6 Å². The Morgan fingerprint density at radius 1 is 1.19 bits per heavy atom. The molecule has 0 atom stereocenters. The van der Waals surface area contributed by atoms with Gasteiger partial charge in [-0.05, 0) is 26.3 Å². The highest BCUT2D eigenvalue weighted by Crippen LogP contribution is 2.17. The van der Waals surface area contributed by atoms with E-state index in [4.69, 9.17) is 4.52 Å². The summed E-state index contributed by atoms with van der Waals surface area (Å²) in [5.74, 6) is 0.422. The first-order valence-corrected chi connectivity index (χ1v) is 10.1. The number of aromatic nitrogens is 6. The van der Waals surface area contributed by atoms with Gasteiger partial charge in [0.25, 0.3) is 11.4 Å². The van der Waals surface area contributed by atoms with Crippen LogP contribution >= 0.6 is 0 Å². The molecule has 10 nitrogen and oxygen atoms in total. The van der Waals surface area contributed by atoms with Crippen LogP contribution in [0, 0.1) is 13.8 Å². The summed E-state index contributed by atoms with van der Waals surface area (Å²) in [6, 6.07) is 8.02. The smallest absolute Gasteiger partial charge is 0.266 e. The molecule has 0 saturated carbocycles. The van der Waals surface area contributed by atoms with Gasteiger partial charge in [-0.15, -0.1) is 0 Å². The molecule has 0 spiro atoms. The van der Waals surface area contributed by atoms with Gasteiger partial charge in [0.05, 0.1) is 11.8 Å². The molecular weight excluding hydrogens is 398 g/mol. The fourth-order valence-electron chi connectivity index (χ4n) is 3.36. The normalized spacial score (nSPS) is 11.2. The first kappa shape index (κ1) is 20.5. The van der Waals surface area contributed by atoms with Gasteiger partial charge >= 0.3 is 0 Å². The number of benzene rings is 1. The Balaban J connectivity index is 1.27. The number of nitrogens with zero attached hydrogens (tertiary/aromatic N) is 6. The highest BCUT2D eigenvalue weighted by Gasteiger charge is 2.14. The monoisotopic (exact) mass is 421 g/mol. The van der Waals surface area contributed by atoms with Gasteiger partial charge in [-0.1, -0.05) is 23.4 Å². The van der Waals surface area contributed by atoms with Crippen molar-refractivity contribution >= 4 is 16.8 Å². The van der Waals surface area contributed by atoms with E-state index in [1.54, 1.807) is 6.92 Å². The van der Waals surface area contributed by atoms with E-state index < -0.39 is 0 Å². The van der Waals surface area contributed by atoms with E-state index in [1.807, 2.05) is 29.8 Å². The predicted molar refractivity (Wildman–Crippen MR) is 113 cm³/mol.